The summed E-state index contributed by atoms with van der Waals surface area (Å²) >= 11 is 1.38. The zero-order chi connectivity index (χ0) is 17.8. The van der Waals surface area contributed by atoms with Crippen LogP contribution in [0.5, 0.6) is 0 Å². The molecule has 0 amide bonds. The van der Waals surface area contributed by atoms with Crippen LogP contribution in [0.25, 0.3) is 0 Å². The van der Waals surface area contributed by atoms with Gasteiger partial charge in [0.1, 0.15) is 5.82 Å². The minimum Gasteiger partial charge on any atom is -0.312 e. The molecule has 0 aliphatic heterocycles. The smallest absolute Gasteiger partial charge is 0.312 e. The molecule has 1 aromatic carbocycles. The van der Waals surface area contributed by atoms with Gasteiger partial charge in [0.25, 0.3) is 5.56 Å². The normalized spacial score (nSPS) is 10.8. The first-order chi connectivity index (χ1) is 12.0. The molecular formula is C17H15FN4O2S. The van der Waals surface area contributed by atoms with Crippen LogP contribution < -0.4 is 11.2 Å². The van der Waals surface area contributed by atoms with Crippen LogP contribution in [0.1, 0.15) is 22.4 Å². The Morgan fingerprint density at radius 1 is 1.16 bits per heavy atom. The second kappa shape index (κ2) is 7.43. The molecule has 0 aliphatic rings. The number of nitrogens with zero attached hydrogens (tertiary/aromatic N) is 2. The molecule has 0 bridgehead atoms. The molecule has 2 aromatic heterocycles. The molecule has 0 saturated carbocycles. The number of aromatic amines is 2. The number of rotatable bonds is 5. The zero-order valence-electron chi connectivity index (χ0n) is 13.4. The van der Waals surface area contributed by atoms with Gasteiger partial charge in [-0.25, -0.2) is 19.2 Å². The minimum atomic E-state index is -0.431. The summed E-state index contributed by atoms with van der Waals surface area (Å²) in [5, 5.41) is 0.509. The molecule has 3 aromatic rings. The van der Waals surface area contributed by atoms with E-state index in [4.69, 9.17) is 0 Å². The van der Waals surface area contributed by atoms with Crippen LogP contribution in [-0.4, -0.2) is 19.9 Å². The van der Waals surface area contributed by atoms with Crippen molar-refractivity contribution in [2.45, 2.75) is 24.3 Å². The van der Waals surface area contributed by atoms with Gasteiger partial charge in [0, 0.05) is 35.8 Å². The number of aromatic nitrogens is 4. The molecular weight excluding hydrogens is 343 g/mol. The fraction of sp³-hybridized carbons (Fsp3) is 0.176. The van der Waals surface area contributed by atoms with E-state index in [0.717, 1.165) is 11.1 Å². The van der Waals surface area contributed by atoms with Gasteiger partial charge < -0.3 is 9.97 Å². The van der Waals surface area contributed by atoms with E-state index in [1.807, 2.05) is 0 Å². The number of H-pyrrole nitrogens is 2. The molecule has 8 heteroatoms. The highest BCUT2D eigenvalue weighted by atomic mass is 32.2. The van der Waals surface area contributed by atoms with Crippen molar-refractivity contribution in [2.75, 3.05) is 0 Å². The van der Waals surface area contributed by atoms with Crippen molar-refractivity contribution in [2.24, 2.45) is 0 Å². The Balaban J connectivity index is 1.75. The molecule has 2 heterocycles. The van der Waals surface area contributed by atoms with Gasteiger partial charge in [-0.15, -0.1) is 0 Å². The van der Waals surface area contributed by atoms with Crippen LogP contribution in [-0.2, 0) is 12.2 Å². The summed E-state index contributed by atoms with van der Waals surface area (Å²) in [7, 11) is 0. The first kappa shape index (κ1) is 17.1. The third kappa shape index (κ3) is 4.42. The van der Waals surface area contributed by atoms with Crippen LogP contribution >= 0.6 is 11.8 Å². The van der Waals surface area contributed by atoms with Crippen molar-refractivity contribution in [1.82, 2.24) is 19.9 Å². The molecule has 0 spiro atoms. The summed E-state index contributed by atoms with van der Waals surface area (Å²) in [6.45, 7) is 1.77. The van der Waals surface area contributed by atoms with Gasteiger partial charge in [-0.1, -0.05) is 23.9 Å². The van der Waals surface area contributed by atoms with Gasteiger partial charge in [0.15, 0.2) is 5.16 Å². The largest absolute Gasteiger partial charge is 0.344 e. The second-order valence-electron chi connectivity index (χ2n) is 5.45. The topological polar surface area (TPSA) is 91.5 Å². The van der Waals surface area contributed by atoms with E-state index in [-0.39, 0.29) is 11.4 Å². The summed E-state index contributed by atoms with van der Waals surface area (Å²) in [6.07, 6.45) is 3.31. The molecule has 0 fully saturated rings. The lowest BCUT2D eigenvalue weighted by molar-refractivity contribution is 0.627. The van der Waals surface area contributed by atoms with E-state index in [0.29, 0.717) is 28.6 Å². The quantitative estimate of drug-likeness (QED) is 0.539. The summed E-state index contributed by atoms with van der Waals surface area (Å²) in [6, 6.07) is 6.20. The van der Waals surface area contributed by atoms with Crippen molar-refractivity contribution in [3.05, 3.63) is 85.7 Å². The molecule has 3 rings (SSSR count). The first-order valence-electron chi connectivity index (χ1n) is 7.52. The molecule has 0 atom stereocenters. The predicted molar refractivity (Wildman–Crippen MR) is 93.2 cm³/mol. The number of benzene rings is 1. The van der Waals surface area contributed by atoms with Crippen LogP contribution in [0.15, 0.2) is 51.4 Å². The van der Waals surface area contributed by atoms with E-state index in [2.05, 4.69) is 19.9 Å². The van der Waals surface area contributed by atoms with E-state index in [1.165, 1.54) is 36.3 Å². The number of aryl methyl sites for hydroxylation is 1. The van der Waals surface area contributed by atoms with Crippen molar-refractivity contribution in [3.63, 3.8) is 0 Å². The summed E-state index contributed by atoms with van der Waals surface area (Å²) in [5.74, 6) is 0.295. The van der Waals surface area contributed by atoms with E-state index >= 15 is 0 Å². The summed E-state index contributed by atoms with van der Waals surface area (Å²) < 4.78 is 12.9. The highest BCUT2D eigenvalue weighted by molar-refractivity contribution is 7.98. The molecule has 0 radical (unpaired) electrons. The number of hydrogen-bond donors (Lipinski definition) is 2. The molecule has 0 saturated heterocycles. The zero-order valence-corrected chi connectivity index (χ0v) is 14.2. The number of halogens is 1. The average molecular weight is 358 g/mol. The Hall–Kier alpha value is -2.74. The van der Waals surface area contributed by atoms with Gasteiger partial charge in [0.2, 0.25) is 0 Å². The fourth-order valence-electron chi connectivity index (χ4n) is 2.26. The van der Waals surface area contributed by atoms with Crippen molar-refractivity contribution < 1.29 is 4.39 Å². The first-order valence-corrected chi connectivity index (χ1v) is 8.50. The molecule has 25 heavy (non-hydrogen) atoms. The van der Waals surface area contributed by atoms with Crippen LogP contribution in [0, 0.1) is 12.7 Å². The fourth-order valence-corrected chi connectivity index (χ4v) is 3.13. The van der Waals surface area contributed by atoms with Crippen molar-refractivity contribution in [1.29, 1.82) is 0 Å². The Morgan fingerprint density at radius 2 is 1.92 bits per heavy atom. The van der Waals surface area contributed by atoms with Gasteiger partial charge in [-0.05, 0) is 30.2 Å². The van der Waals surface area contributed by atoms with Crippen LogP contribution in [0.3, 0.4) is 0 Å². The molecule has 2 N–H and O–H groups in total. The highest BCUT2D eigenvalue weighted by Crippen LogP contribution is 2.19. The molecule has 128 valence electrons. The lowest BCUT2D eigenvalue weighted by Crippen LogP contribution is -2.18. The van der Waals surface area contributed by atoms with Crippen LogP contribution in [0.4, 0.5) is 4.39 Å². The van der Waals surface area contributed by atoms with E-state index in [9.17, 15) is 14.0 Å². The Labute approximate surface area is 146 Å². The second-order valence-corrected chi connectivity index (χ2v) is 6.42. The SMILES string of the molecule is Cc1nc(SCc2ccc(F)cc2)[nH]c(=O)c1Cc1cnc(=O)[nH]c1. The number of nitrogens with one attached hydrogen (secondary N) is 2. The van der Waals surface area contributed by atoms with E-state index in [1.54, 1.807) is 19.1 Å². The molecule has 0 unspecified atom stereocenters. The van der Waals surface area contributed by atoms with Gasteiger partial charge in [0.05, 0.1) is 0 Å². The standard InChI is InChI=1S/C17H15FN4O2S/c1-10-14(6-12-7-19-16(24)20-8-12)15(23)22-17(21-10)25-9-11-2-4-13(18)5-3-11/h2-5,7-8H,6,9H2,1H3,(H,19,20,24)(H,21,22,23). The Bertz CT molecular complexity index is 978. The van der Waals surface area contributed by atoms with Gasteiger partial charge in [-0.3, -0.25) is 4.79 Å². The average Bonchev–Trinajstić information content (AvgIpc) is 2.59. The van der Waals surface area contributed by atoms with Crippen molar-refractivity contribution in [3.8, 4) is 0 Å². The highest BCUT2D eigenvalue weighted by Gasteiger charge is 2.10. The predicted octanol–water partition coefficient (Wildman–Crippen LogP) is 2.18. The van der Waals surface area contributed by atoms with Gasteiger partial charge in [-0.2, -0.15) is 0 Å². The number of hydrogen-bond acceptors (Lipinski definition) is 5. The third-order valence-corrected chi connectivity index (χ3v) is 4.54. The lowest BCUT2D eigenvalue weighted by atomic mass is 10.1. The third-order valence-electron chi connectivity index (χ3n) is 3.60. The molecule has 6 nitrogen and oxygen atoms in total. The maximum absolute atomic E-state index is 12.9. The maximum atomic E-state index is 12.9. The van der Waals surface area contributed by atoms with Gasteiger partial charge >= 0.3 is 5.69 Å². The Morgan fingerprint density at radius 3 is 2.56 bits per heavy atom. The van der Waals surface area contributed by atoms with Crippen LogP contribution in [0.2, 0.25) is 0 Å². The monoisotopic (exact) mass is 358 g/mol. The lowest BCUT2D eigenvalue weighted by Gasteiger charge is -2.07. The minimum absolute atomic E-state index is 0.222. The summed E-state index contributed by atoms with van der Waals surface area (Å²) in [4.78, 5) is 36.6. The maximum Gasteiger partial charge on any atom is 0.344 e. The van der Waals surface area contributed by atoms with E-state index < -0.39 is 5.69 Å². The number of thioether (sulfide) groups is 1. The Kier molecular flexibility index (Phi) is 5.08. The van der Waals surface area contributed by atoms with Crippen molar-refractivity contribution >= 4 is 11.8 Å². The molecule has 0 aliphatic carbocycles. The summed E-state index contributed by atoms with van der Waals surface area (Å²) in [5.41, 5.74) is 2.16.